The molecule has 0 radical (unpaired) electrons. The monoisotopic (exact) mass is 340 g/mol. The predicted molar refractivity (Wildman–Crippen MR) is 104 cm³/mol. The molecule has 1 aliphatic carbocycles. The average molecular weight is 340 g/mol. The highest BCUT2D eigenvalue weighted by molar-refractivity contribution is 6.43. The van der Waals surface area contributed by atoms with Crippen LogP contribution in [0.4, 0.5) is 11.4 Å². The normalized spacial score (nSPS) is 16.6. The summed E-state index contributed by atoms with van der Waals surface area (Å²) in [5, 5.41) is 10.8. The number of aliphatic hydroxyl groups excluding tert-OH is 1. The summed E-state index contributed by atoms with van der Waals surface area (Å²) in [5.74, 6) is -0.306. The molecular weight excluding hydrogens is 324 g/mol. The lowest BCUT2D eigenvalue weighted by Gasteiger charge is -2.06. The minimum absolute atomic E-state index is 0.0746. The second-order valence-electron chi connectivity index (χ2n) is 6.02. The maximum Gasteiger partial charge on any atom is 0.199 e. The molecule has 1 aliphatic rings. The summed E-state index contributed by atoms with van der Waals surface area (Å²) in [6, 6.07) is 23.4. The number of fused-ring (bicyclic) bond motifs is 1. The summed E-state index contributed by atoms with van der Waals surface area (Å²) in [6.07, 6.45) is 0. The number of allylic oxidation sites excluding steroid dienone is 1. The van der Waals surface area contributed by atoms with E-state index < -0.39 is 0 Å². The van der Waals surface area contributed by atoms with Crippen molar-refractivity contribution in [1.29, 1.82) is 0 Å². The van der Waals surface area contributed by atoms with E-state index >= 15 is 0 Å². The number of carbonyl (C=O) groups excluding carboxylic acids is 1. The van der Waals surface area contributed by atoms with Gasteiger partial charge in [-0.05, 0) is 18.2 Å². The lowest BCUT2D eigenvalue weighted by Crippen LogP contribution is -2.06. The Kier molecular flexibility index (Phi) is 3.86. The van der Waals surface area contributed by atoms with E-state index in [9.17, 15) is 9.90 Å². The van der Waals surface area contributed by atoms with Crippen molar-refractivity contribution in [2.24, 2.45) is 4.99 Å². The molecule has 4 heteroatoms. The molecule has 4 rings (SSSR count). The summed E-state index contributed by atoms with van der Waals surface area (Å²) in [7, 11) is 0. The first kappa shape index (κ1) is 15.8. The van der Waals surface area contributed by atoms with E-state index in [1.807, 2.05) is 36.4 Å². The van der Waals surface area contributed by atoms with E-state index in [1.165, 1.54) is 0 Å². The van der Waals surface area contributed by atoms with Crippen LogP contribution in [0, 0.1) is 0 Å². The predicted octanol–water partition coefficient (Wildman–Crippen LogP) is 4.56. The maximum absolute atomic E-state index is 13.0. The summed E-state index contributed by atoms with van der Waals surface area (Å²) in [6.45, 7) is 0. The van der Waals surface area contributed by atoms with Crippen LogP contribution in [-0.2, 0) is 0 Å². The van der Waals surface area contributed by atoms with Gasteiger partial charge < -0.3 is 10.8 Å². The maximum atomic E-state index is 13.0. The molecule has 3 aromatic carbocycles. The molecule has 4 nitrogen and oxygen atoms in total. The number of aliphatic hydroxyl groups is 1. The highest BCUT2D eigenvalue weighted by atomic mass is 16.3. The third kappa shape index (κ3) is 2.67. The van der Waals surface area contributed by atoms with E-state index in [2.05, 4.69) is 4.99 Å². The Balaban J connectivity index is 1.97. The standard InChI is InChI=1S/C22H16N2O2/c23-15-9-6-10-16(13-15)24-20-17-11-4-5-12-18(17)22(26)19(20)21(25)14-7-2-1-3-8-14/h1-13,25H,23H2/b21-19+,24-20?. The number of hydrogen-bond acceptors (Lipinski definition) is 4. The van der Waals surface area contributed by atoms with Gasteiger partial charge in [0.15, 0.2) is 5.78 Å². The van der Waals surface area contributed by atoms with Crippen LogP contribution >= 0.6 is 0 Å². The molecule has 0 saturated carbocycles. The molecule has 126 valence electrons. The van der Waals surface area contributed by atoms with Crippen LogP contribution in [0.5, 0.6) is 0 Å². The van der Waals surface area contributed by atoms with Gasteiger partial charge in [0.25, 0.3) is 0 Å². The van der Waals surface area contributed by atoms with Crippen molar-refractivity contribution in [3.8, 4) is 0 Å². The van der Waals surface area contributed by atoms with Gasteiger partial charge in [0.1, 0.15) is 5.76 Å². The molecule has 0 heterocycles. The van der Waals surface area contributed by atoms with E-state index in [0.29, 0.717) is 33.8 Å². The van der Waals surface area contributed by atoms with Crippen molar-refractivity contribution in [2.75, 3.05) is 5.73 Å². The van der Waals surface area contributed by atoms with Gasteiger partial charge in [-0.25, -0.2) is 4.99 Å². The van der Waals surface area contributed by atoms with Crippen molar-refractivity contribution in [2.45, 2.75) is 0 Å². The molecule has 0 atom stereocenters. The molecule has 0 bridgehead atoms. The number of ketones is 1. The number of rotatable bonds is 2. The summed E-state index contributed by atoms with van der Waals surface area (Å²) in [4.78, 5) is 17.6. The molecule has 3 N–H and O–H groups in total. The van der Waals surface area contributed by atoms with Gasteiger partial charge in [-0.1, -0.05) is 60.7 Å². The Labute approximate surface area is 151 Å². The van der Waals surface area contributed by atoms with Crippen molar-refractivity contribution < 1.29 is 9.90 Å². The average Bonchev–Trinajstić information content (AvgIpc) is 2.94. The molecule has 0 fully saturated rings. The van der Waals surface area contributed by atoms with E-state index in [-0.39, 0.29) is 17.1 Å². The van der Waals surface area contributed by atoms with Gasteiger partial charge in [0.2, 0.25) is 0 Å². The number of aliphatic imine (C=N–C) groups is 1. The van der Waals surface area contributed by atoms with E-state index in [4.69, 9.17) is 5.73 Å². The molecular formula is C22H16N2O2. The molecule has 0 amide bonds. The lowest BCUT2D eigenvalue weighted by molar-refractivity contribution is 0.104. The van der Waals surface area contributed by atoms with Crippen LogP contribution in [0.2, 0.25) is 0 Å². The molecule has 26 heavy (non-hydrogen) atoms. The Morgan fingerprint density at radius 1 is 0.846 bits per heavy atom. The number of nitrogens with zero attached hydrogens (tertiary/aromatic N) is 1. The van der Waals surface area contributed by atoms with Gasteiger partial charge in [-0.15, -0.1) is 0 Å². The SMILES string of the molecule is Nc1cccc(N=C2/C(=C(\O)c3ccccc3)C(=O)c3ccccc32)c1. The number of benzene rings is 3. The molecule has 0 unspecified atom stereocenters. The molecule has 0 aliphatic heterocycles. The Morgan fingerprint density at radius 2 is 1.54 bits per heavy atom. The first-order chi connectivity index (χ1) is 12.6. The Morgan fingerprint density at radius 3 is 2.27 bits per heavy atom. The number of carbonyl (C=O) groups is 1. The summed E-state index contributed by atoms with van der Waals surface area (Å²) < 4.78 is 0. The van der Waals surface area contributed by atoms with Crippen LogP contribution in [0.3, 0.4) is 0 Å². The molecule has 0 spiro atoms. The molecule has 3 aromatic rings. The number of nitrogen functional groups attached to an aromatic ring is 1. The minimum atomic E-state index is -0.232. The molecule has 0 saturated heterocycles. The van der Waals surface area contributed by atoms with Crippen molar-refractivity contribution in [3.63, 3.8) is 0 Å². The number of hydrogen-bond donors (Lipinski definition) is 2. The van der Waals surface area contributed by atoms with Crippen molar-refractivity contribution in [3.05, 3.63) is 101 Å². The third-order valence-corrected chi connectivity index (χ3v) is 4.29. The first-order valence-corrected chi connectivity index (χ1v) is 8.22. The quantitative estimate of drug-likeness (QED) is 0.408. The van der Waals surface area contributed by atoms with Crippen LogP contribution in [-0.4, -0.2) is 16.6 Å². The largest absolute Gasteiger partial charge is 0.506 e. The van der Waals surface area contributed by atoms with Crippen molar-refractivity contribution >= 4 is 28.6 Å². The van der Waals surface area contributed by atoms with Gasteiger partial charge in [-0.2, -0.15) is 0 Å². The second kappa shape index (κ2) is 6.33. The highest BCUT2D eigenvalue weighted by Gasteiger charge is 2.34. The first-order valence-electron chi connectivity index (χ1n) is 8.22. The van der Waals surface area contributed by atoms with Crippen LogP contribution < -0.4 is 5.73 Å². The number of nitrogens with two attached hydrogens (primary N) is 1. The van der Waals surface area contributed by atoms with Gasteiger partial charge >= 0.3 is 0 Å². The fourth-order valence-corrected chi connectivity index (χ4v) is 3.06. The fraction of sp³-hybridized carbons (Fsp3) is 0. The van der Waals surface area contributed by atoms with Crippen LogP contribution in [0.1, 0.15) is 21.5 Å². The fourth-order valence-electron chi connectivity index (χ4n) is 3.06. The second-order valence-corrected chi connectivity index (χ2v) is 6.02. The van der Waals surface area contributed by atoms with Crippen LogP contribution in [0.25, 0.3) is 5.76 Å². The Bertz CT molecular complexity index is 1070. The molecule has 0 aromatic heterocycles. The van der Waals surface area contributed by atoms with Gasteiger partial charge in [0.05, 0.1) is 17.0 Å². The Hall–Kier alpha value is -3.66. The van der Waals surface area contributed by atoms with E-state index in [0.717, 1.165) is 0 Å². The summed E-state index contributed by atoms with van der Waals surface area (Å²) in [5.41, 5.74) is 9.53. The van der Waals surface area contributed by atoms with Crippen molar-refractivity contribution in [1.82, 2.24) is 0 Å². The topological polar surface area (TPSA) is 75.7 Å². The number of Topliss-reactive ketones (excluding diaryl/α,β-unsaturated/α-hetero) is 1. The number of anilines is 1. The van der Waals surface area contributed by atoms with E-state index in [1.54, 1.807) is 42.5 Å². The zero-order chi connectivity index (χ0) is 18.1. The van der Waals surface area contributed by atoms with Gasteiger partial charge in [-0.3, -0.25) is 4.79 Å². The minimum Gasteiger partial charge on any atom is -0.506 e. The lowest BCUT2D eigenvalue weighted by atomic mass is 10.0. The third-order valence-electron chi connectivity index (χ3n) is 4.29. The highest BCUT2D eigenvalue weighted by Crippen LogP contribution is 2.33. The summed E-state index contributed by atoms with van der Waals surface area (Å²) >= 11 is 0. The van der Waals surface area contributed by atoms with Gasteiger partial charge in [0, 0.05) is 22.4 Å². The van der Waals surface area contributed by atoms with Crippen LogP contribution in [0.15, 0.2) is 89.4 Å². The smallest absolute Gasteiger partial charge is 0.199 e. The zero-order valence-corrected chi connectivity index (χ0v) is 13.9. The zero-order valence-electron chi connectivity index (χ0n) is 13.9.